The molecule has 34 heavy (non-hydrogen) atoms. The molecule has 8 heteroatoms. The van der Waals surface area contributed by atoms with Gasteiger partial charge in [-0.15, -0.1) is 0 Å². The second kappa shape index (κ2) is 9.93. The Labute approximate surface area is 203 Å². The number of aryl methyl sites for hydroxylation is 1. The van der Waals surface area contributed by atoms with E-state index in [0.717, 1.165) is 5.56 Å². The largest absolute Gasteiger partial charge is 0.493 e. The first-order chi connectivity index (χ1) is 16.3. The summed E-state index contributed by atoms with van der Waals surface area (Å²) in [6.07, 6.45) is 0.153. The van der Waals surface area contributed by atoms with Gasteiger partial charge in [-0.25, -0.2) is 0 Å². The molecule has 4 rings (SSSR count). The number of nitrogens with zero attached hydrogens (tertiary/aromatic N) is 2. The normalized spacial score (nSPS) is 15.1. The zero-order valence-electron chi connectivity index (χ0n) is 20.0. The van der Waals surface area contributed by atoms with Crippen LogP contribution in [0.4, 0.5) is 5.82 Å². The highest BCUT2D eigenvalue weighted by molar-refractivity contribution is 7.98. The van der Waals surface area contributed by atoms with Crippen molar-refractivity contribution in [2.75, 3.05) is 12.4 Å². The van der Waals surface area contributed by atoms with Gasteiger partial charge in [0.25, 0.3) is 5.56 Å². The molecule has 0 radical (unpaired) electrons. The van der Waals surface area contributed by atoms with Gasteiger partial charge in [-0.1, -0.05) is 42.1 Å². The highest BCUT2D eigenvalue weighted by Gasteiger charge is 2.32. The third-order valence-electron chi connectivity index (χ3n) is 5.87. The molecule has 1 amide bonds. The van der Waals surface area contributed by atoms with Gasteiger partial charge in [0.05, 0.1) is 18.8 Å². The minimum atomic E-state index is -0.424. The molecule has 1 aromatic heterocycles. The summed E-state index contributed by atoms with van der Waals surface area (Å²) in [4.78, 5) is 30.3. The number of fused-ring (bicyclic) bond motifs is 1. The van der Waals surface area contributed by atoms with Crippen molar-refractivity contribution in [3.63, 3.8) is 0 Å². The number of hydrogen-bond donors (Lipinski definition) is 1. The molecule has 2 aromatic carbocycles. The first-order valence-electron chi connectivity index (χ1n) is 11.2. The van der Waals surface area contributed by atoms with E-state index in [0.29, 0.717) is 33.8 Å². The standard InChI is InChI=1S/C26H29N3O4S/c1-15(2)33-20-11-10-17(12-21(20)32-5)19-13-22(30)27-24-23(19)25(31)28-26(29(24)4)34-14-18-9-7-6-8-16(18)3/h6-12,15,19H,13-14H2,1-5H3,(H,27,30)/t19-/m1/s1. The van der Waals surface area contributed by atoms with Crippen LogP contribution in [0.1, 0.15) is 48.4 Å². The van der Waals surface area contributed by atoms with Gasteiger partial charge in [0.2, 0.25) is 5.91 Å². The predicted molar refractivity (Wildman–Crippen MR) is 134 cm³/mol. The number of nitrogens with one attached hydrogen (secondary N) is 1. The van der Waals surface area contributed by atoms with Crippen LogP contribution in [0.25, 0.3) is 0 Å². The summed E-state index contributed by atoms with van der Waals surface area (Å²) >= 11 is 1.48. The van der Waals surface area contributed by atoms with Crippen molar-refractivity contribution < 1.29 is 14.3 Å². The summed E-state index contributed by atoms with van der Waals surface area (Å²) in [5.74, 6) is 1.79. The summed E-state index contributed by atoms with van der Waals surface area (Å²) in [6.45, 7) is 5.95. The van der Waals surface area contributed by atoms with Gasteiger partial charge in [0.1, 0.15) is 5.82 Å². The maximum atomic E-state index is 13.2. The van der Waals surface area contributed by atoms with Gasteiger partial charge in [-0.05, 0) is 49.6 Å². The zero-order chi connectivity index (χ0) is 24.4. The van der Waals surface area contributed by atoms with Crippen molar-refractivity contribution >= 4 is 23.5 Å². The van der Waals surface area contributed by atoms with Crippen LogP contribution in [0, 0.1) is 6.92 Å². The number of benzene rings is 2. The van der Waals surface area contributed by atoms with Crippen LogP contribution < -0.4 is 20.3 Å². The van der Waals surface area contributed by atoms with E-state index in [4.69, 9.17) is 9.47 Å². The average Bonchev–Trinajstić information content (AvgIpc) is 2.80. The van der Waals surface area contributed by atoms with E-state index in [9.17, 15) is 9.59 Å². The van der Waals surface area contributed by atoms with Gasteiger partial charge in [0, 0.05) is 25.1 Å². The predicted octanol–water partition coefficient (Wildman–Crippen LogP) is 4.65. The fraction of sp³-hybridized carbons (Fsp3) is 0.346. The monoisotopic (exact) mass is 479 g/mol. The van der Waals surface area contributed by atoms with Crippen molar-refractivity contribution in [2.45, 2.75) is 50.1 Å². The number of ether oxygens (including phenoxy) is 2. The molecule has 0 bridgehead atoms. The van der Waals surface area contributed by atoms with Crippen LogP contribution in [0.2, 0.25) is 0 Å². The molecule has 7 nitrogen and oxygen atoms in total. The second-order valence-corrected chi connectivity index (χ2v) is 9.56. The van der Waals surface area contributed by atoms with Crippen LogP contribution >= 0.6 is 11.8 Å². The molecular weight excluding hydrogens is 450 g/mol. The van der Waals surface area contributed by atoms with Gasteiger partial charge in [-0.3, -0.25) is 9.59 Å². The first-order valence-corrected chi connectivity index (χ1v) is 12.2. The molecule has 0 saturated heterocycles. The molecule has 0 spiro atoms. The molecular formula is C26H29N3O4S. The van der Waals surface area contributed by atoms with Crippen molar-refractivity contribution in [2.24, 2.45) is 7.05 Å². The Hall–Kier alpha value is -3.26. The second-order valence-electron chi connectivity index (χ2n) is 8.62. The van der Waals surface area contributed by atoms with Crippen molar-refractivity contribution in [3.8, 4) is 11.5 Å². The third-order valence-corrected chi connectivity index (χ3v) is 6.95. The molecule has 1 N–H and O–H groups in total. The molecule has 0 unspecified atom stereocenters. The lowest BCUT2D eigenvalue weighted by molar-refractivity contribution is -0.116. The summed E-state index contributed by atoms with van der Waals surface area (Å²) < 4.78 is 13.1. The number of hydrogen-bond acceptors (Lipinski definition) is 6. The fourth-order valence-electron chi connectivity index (χ4n) is 4.12. The highest BCUT2D eigenvalue weighted by atomic mass is 32.2. The zero-order valence-corrected chi connectivity index (χ0v) is 20.9. The Balaban J connectivity index is 1.71. The van der Waals surface area contributed by atoms with Gasteiger partial charge < -0.3 is 19.4 Å². The molecule has 1 aliphatic heterocycles. The van der Waals surface area contributed by atoms with E-state index in [1.165, 1.54) is 22.9 Å². The van der Waals surface area contributed by atoms with E-state index < -0.39 is 5.92 Å². The number of anilines is 1. The summed E-state index contributed by atoms with van der Waals surface area (Å²) in [5.41, 5.74) is 3.33. The molecule has 3 aromatic rings. The number of carbonyl (C=O) groups is 1. The van der Waals surface area contributed by atoms with Crippen molar-refractivity contribution in [1.82, 2.24) is 9.55 Å². The van der Waals surface area contributed by atoms with E-state index in [2.05, 4.69) is 29.4 Å². The maximum absolute atomic E-state index is 13.2. The van der Waals surface area contributed by atoms with E-state index in [-0.39, 0.29) is 24.0 Å². The van der Waals surface area contributed by atoms with Crippen LogP contribution in [0.5, 0.6) is 11.5 Å². The quantitative estimate of drug-likeness (QED) is 0.392. The van der Waals surface area contributed by atoms with Crippen molar-refractivity contribution in [3.05, 3.63) is 75.1 Å². The lowest BCUT2D eigenvalue weighted by Gasteiger charge is -2.28. The van der Waals surface area contributed by atoms with Crippen LogP contribution in [0.15, 0.2) is 52.4 Å². The summed E-state index contributed by atoms with van der Waals surface area (Å²) in [5, 5.41) is 3.46. The van der Waals surface area contributed by atoms with E-state index >= 15 is 0 Å². The van der Waals surface area contributed by atoms with Crippen LogP contribution in [-0.4, -0.2) is 28.7 Å². The van der Waals surface area contributed by atoms with E-state index in [1.807, 2.05) is 51.2 Å². The van der Waals surface area contributed by atoms with E-state index in [1.54, 1.807) is 11.7 Å². The Kier molecular flexibility index (Phi) is 6.97. The Morgan fingerprint density at radius 3 is 2.65 bits per heavy atom. The summed E-state index contributed by atoms with van der Waals surface area (Å²) in [6, 6.07) is 13.7. The average molecular weight is 480 g/mol. The molecule has 0 saturated carbocycles. The smallest absolute Gasteiger partial charge is 0.279 e. The fourth-order valence-corrected chi connectivity index (χ4v) is 5.16. The lowest BCUT2D eigenvalue weighted by atomic mass is 9.86. The molecule has 178 valence electrons. The third kappa shape index (κ3) is 4.82. The molecule has 0 fully saturated rings. The van der Waals surface area contributed by atoms with Crippen molar-refractivity contribution in [1.29, 1.82) is 0 Å². The van der Waals surface area contributed by atoms with Gasteiger partial charge >= 0.3 is 0 Å². The number of rotatable bonds is 7. The molecule has 1 atom stereocenters. The topological polar surface area (TPSA) is 82.5 Å². The molecule has 0 aliphatic carbocycles. The number of aromatic nitrogens is 2. The number of methoxy groups -OCH3 is 1. The lowest BCUT2D eigenvalue weighted by Crippen LogP contribution is -2.33. The minimum absolute atomic E-state index is 0.00646. The molecule has 2 heterocycles. The number of amides is 1. The minimum Gasteiger partial charge on any atom is -0.493 e. The maximum Gasteiger partial charge on any atom is 0.279 e. The SMILES string of the molecule is COc1cc([C@H]2CC(=O)Nc3c2c(=O)nc(SCc2ccccc2C)n3C)ccc1OC(C)C. The van der Waals surface area contributed by atoms with Gasteiger partial charge in [-0.2, -0.15) is 4.98 Å². The Morgan fingerprint density at radius 1 is 1.18 bits per heavy atom. The Morgan fingerprint density at radius 2 is 1.94 bits per heavy atom. The van der Waals surface area contributed by atoms with Crippen LogP contribution in [-0.2, 0) is 17.6 Å². The Bertz CT molecular complexity index is 1290. The first kappa shape index (κ1) is 23.9. The summed E-state index contributed by atoms with van der Waals surface area (Å²) in [7, 11) is 3.40. The highest BCUT2D eigenvalue weighted by Crippen LogP contribution is 2.39. The molecule has 1 aliphatic rings. The number of thioether (sulfide) groups is 1. The van der Waals surface area contributed by atoms with Gasteiger partial charge in [0.15, 0.2) is 16.7 Å². The van der Waals surface area contributed by atoms with Crippen LogP contribution in [0.3, 0.4) is 0 Å². The number of carbonyl (C=O) groups excluding carboxylic acids is 1.